The average molecular weight is 392 g/mol. The Morgan fingerprint density at radius 3 is 2.35 bits per heavy atom. The van der Waals surface area contributed by atoms with Crippen LogP contribution in [0.1, 0.15) is 32.6 Å². The quantitative estimate of drug-likeness (QED) is 0.763. The van der Waals surface area contributed by atoms with E-state index >= 15 is 0 Å². The van der Waals surface area contributed by atoms with Crippen LogP contribution in [0.3, 0.4) is 0 Å². The number of nitrogens with two attached hydrogens (primary N) is 1. The summed E-state index contributed by atoms with van der Waals surface area (Å²) in [4.78, 5) is 17.1. The number of carbonyl (C=O) groups is 1. The zero-order valence-corrected chi connectivity index (χ0v) is 16.7. The third kappa shape index (κ3) is 7.76. The molecular weight excluding hydrogens is 359 g/mol. The van der Waals surface area contributed by atoms with E-state index in [1.165, 1.54) is 0 Å². The highest BCUT2D eigenvalue weighted by Gasteiger charge is 2.37. The Kier molecular flexibility index (Phi) is 13.0. The molecule has 2 aliphatic rings. The molecule has 0 bridgehead atoms. The van der Waals surface area contributed by atoms with Crippen LogP contribution in [0.5, 0.6) is 0 Å². The lowest BCUT2D eigenvalue weighted by atomic mass is 9.74. The summed E-state index contributed by atoms with van der Waals surface area (Å²) < 4.78 is 0. The van der Waals surface area contributed by atoms with Gasteiger partial charge >= 0.3 is 0 Å². The summed E-state index contributed by atoms with van der Waals surface area (Å²) >= 11 is 0. The fourth-order valence-electron chi connectivity index (χ4n) is 3.32. The van der Waals surface area contributed by atoms with E-state index < -0.39 is 0 Å². The Morgan fingerprint density at radius 1 is 1.17 bits per heavy atom. The molecule has 0 aromatic heterocycles. The molecule has 1 heterocycles. The second kappa shape index (κ2) is 11.7. The molecule has 2 atom stereocenters. The van der Waals surface area contributed by atoms with Gasteiger partial charge in [-0.2, -0.15) is 0 Å². The van der Waals surface area contributed by atoms with Crippen LogP contribution in [-0.4, -0.2) is 67.6 Å². The van der Waals surface area contributed by atoms with Crippen LogP contribution in [0.25, 0.3) is 0 Å². The Balaban J connectivity index is 0. The lowest BCUT2D eigenvalue weighted by Gasteiger charge is -2.37. The molecule has 0 spiro atoms. The molecule has 1 saturated carbocycles. The van der Waals surface area contributed by atoms with E-state index in [-0.39, 0.29) is 54.6 Å². The van der Waals surface area contributed by atoms with Crippen LogP contribution in [-0.2, 0) is 4.79 Å². The topological polar surface area (TPSA) is 61.6 Å². The van der Waals surface area contributed by atoms with Gasteiger partial charge in [0.25, 0.3) is 0 Å². The minimum absolute atomic E-state index is 0. The maximum Gasteiger partial charge on any atom is 0.225 e. The highest BCUT2D eigenvalue weighted by atomic mass is 35.5. The Morgan fingerprint density at radius 2 is 1.78 bits per heavy atom. The number of nitrogens with zero attached hydrogens (tertiary/aromatic N) is 2. The van der Waals surface area contributed by atoms with Gasteiger partial charge in [0.1, 0.15) is 0 Å². The first-order chi connectivity index (χ1) is 9.49. The molecule has 0 aromatic rings. The summed E-state index contributed by atoms with van der Waals surface area (Å²) in [6.45, 7) is 8.17. The summed E-state index contributed by atoms with van der Waals surface area (Å²) in [5, 5.41) is 3.09. The predicted molar refractivity (Wildman–Crippen MR) is 103 cm³/mol. The third-order valence-electron chi connectivity index (χ3n) is 4.89. The second-order valence-electron chi connectivity index (χ2n) is 6.74. The van der Waals surface area contributed by atoms with Gasteiger partial charge in [0.2, 0.25) is 5.91 Å². The summed E-state index contributed by atoms with van der Waals surface area (Å²) in [7, 11) is 2.16. The van der Waals surface area contributed by atoms with E-state index in [2.05, 4.69) is 22.2 Å². The monoisotopic (exact) mass is 390 g/mol. The Hall–Kier alpha value is 0.220. The van der Waals surface area contributed by atoms with Gasteiger partial charge < -0.3 is 16.0 Å². The zero-order chi connectivity index (χ0) is 14.6. The number of nitrogens with one attached hydrogen (secondary N) is 1. The molecule has 2 fully saturated rings. The van der Waals surface area contributed by atoms with E-state index in [0.717, 1.165) is 65.0 Å². The van der Waals surface area contributed by atoms with Crippen LogP contribution in [0.15, 0.2) is 0 Å². The summed E-state index contributed by atoms with van der Waals surface area (Å²) in [5.41, 5.74) is 5.95. The second-order valence-corrected chi connectivity index (χ2v) is 6.74. The zero-order valence-electron chi connectivity index (χ0n) is 14.3. The van der Waals surface area contributed by atoms with Crippen molar-refractivity contribution in [2.75, 3.05) is 46.3 Å². The van der Waals surface area contributed by atoms with Gasteiger partial charge in [-0.25, -0.2) is 0 Å². The summed E-state index contributed by atoms with van der Waals surface area (Å²) in [6.07, 6.45) is 4.18. The first kappa shape index (κ1) is 25.5. The SMILES string of the molecule is CN1CCN(CCNC(=O)C2CCCCC2(C)N)CC1.Cl.Cl.Cl. The van der Waals surface area contributed by atoms with Crippen molar-refractivity contribution in [2.24, 2.45) is 11.7 Å². The van der Waals surface area contributed by atoms with Gasteiger partial charge in [-0.3, -0.25) is 9.69 Å². The Labute approximate surface area is 159 Å². The molecule has 2 unspecified atom stereocenters. The van der Waals surface area contributed by atoms with Crippen molar-refractivity contribution in [1.82, 2.24) is 15.1 Å². The number of piperazine rings is 1. The molecule has 23 heavy (non-hydrogen) atoms. The summed E-state index contributed by atoms with van der Waals surface area (Å²) in [5.74, 6) is 0.146. The van der Waals surface area contributed by atoms with E-state index in [0.29, 0.717) is 0 Å². The number of hydrogen-bond donors (Lipinski definition) is 2. The largest absolute Gasteiger partial charge is 0.355 e. The molecule has 1 aliphatic heterocycles. The molecule has 5 nitrogen and oxygen atoms in total. The van der Waals surface area contributed by atoms with Crippen molar-refractivity contribution in [3.63, 3.8) is 0 Å². The molecule has 8 heteroatoms. The van der Waals surface area contributed by atoms with E-state index in [9.17, 15) is 4.79 Å². The minimum atomic E-state index is -0.323. The van der Waals surface area contributed by atoms with Gasteiger partial charge in [0, 0.05) is 44.8 Å². The van der Waals surface area contributed by atoms with Gasteiger partial charge in [-0.05, 0) is 26.8 Å². The first-order valence-corrected chi connectivity index (χ1v) is 7.96. The van der Waals surface area contributed by atoms with Gasteiger partial charge in [-0.15, -0.1) is 37.2 Å². The molecule has 140 valence electrons. The molecule has 3 N–H and O–H groups in total. The fourth-order valence-corrected chi connectivity index (χ4v) is 3.32. The van der Waals surface area contributed by atoms with E-state index in [1.807, 2.05) is 6.92 Å². The maximum atomic E-state index is 12.3. The molecule has 1 saturated heterocycles. The van der Waals surface area contributed by atoms with Crippen LogP contribution >= 0.6 is 37.2 Å². The van der Waals surface area contributed by atoms with Crippen LogP contribution in [0.4, 0.5) is 0 Å². The third-order valence-corrected chi connectivity index (χ3v) is 4.89. The van der Waals surface area contributed by atoms with Crippen molar-refractivity contribution in [1.29, 1.82) is 0 Å². The molecule has 2 rings (SSSR count). The van der Waals surface area contributed by atoms with Gasteiger partial charge in [0.05, 0.1) is 5.92 Å². The lowest BCUT2D eigenvalue weighted by molar-refractivity contribution is -0.128. The molecule has 0 aromatic carbocycles. The van der Waals surface area contributed by atoms with E-state index in [1.54, 1.807) is 0 Å². The van der Waals surface area contributed by atoms with Crippen LogP contribution in [0.2, 0.25) is 0 Å². The van der Waals surface area contributed by atoms with Gasteiger partial charge in [-0.1, -0.05) is 12.8 Å². The van der Waals surface area contributed by atoms with Crippen LogP contribution < -0.4 is 11.1 Å². The molecule has 1 aliphatic carbocycles. The number of rotatable bonds is 4. The normalized spacial score (nSPS) is 28.7. The van der Waals surface area contributed by atoms with Crippen LogP contribution in [0, 0.1) is 5.92 Å². The Bertz CT molecular complexity index is 337. The number of halogens is 3. The van der Waals surface area contributed by atoms with Crippen molar-refractivity contribution in [3.8, 4) is 0 Å². The lowest BCUT2D eigenvalue weighted by Crippen LogP contribution is -2.54. The molecular formula is C15H33Cl3N4O. The van der Waals surface area contributed by atoms with E-state index in [4.69, 9.17) is 5.73 Å². The molecule has 1 amide bonds. The van der Waals surface area contributed by atoms with Crippen molar-refractivity contribution in [2.45, 2.75) is 38.1 Å². The number of carbonyl (C=O) groups excluding carboxylic acids is 1. The first-order valence-electron chi connectivity index (χ1n) is 7.96. The van der Waals surface area contributed by atoms with Crippen molar-refractivity contribution in [3.05, 3.63) is 0 Å². The standard InChI is InChI=1S/C15H30N4O.3ClH/c1-15(16)6-4-3-5-13(15)14(20)17-7-8-19-11-9-18(2)10-12-19;;;/h13H,3-12,16H2,1-2H3,(H,17,20);3*1H. The highest BCUT2D eigenvalue weighted by molar-refractivity contribution is 5.86. The average Bonchev–Trinajstić information content (AvgIpc) is 2.40. The van der Waals surface area contributed by atoms with Crippen molar-refractivity contribution >= 4 is 43.1 Å². The number of amides is 1. The maximum absolute atomic E-state index is 12.3. The highest BCUT2D eigenvalue weighted by Crippen LogP contribution is 2.31. The number of hydrogen-bond acceptors (Lipinski definition) is 4. The minimum Gasteiger partial charge on any atom is -0.355 e. The summed E-state index contributed by atoms with van der Waals surface area (Å²) in [6, 6.07) is 0. The molecule has 0 radical (unpaired) electrons. The predicted octanol–water partition coefficient (Wildman–Crippen LogP) is 1.52. The smallest absolute Gasteiger partial charge is 0.225 e. The van der Waals surface area contributed by atoms with Gasteiger partial charge in [0.15, 0.2) is 0 Å². The van der Waals surface area contributed by atoms with Crippen molar-refractivity contribution < 1.29 is 4.79 Å². The fraction of sp³-hybridized carbons (Fsp3) is 0.933. The number of likely N-dealkylation sites (N-methyl/N-ethyl adjacent to an activating group) is 1.